The van der Waals surface area contributed by atoms with Gasteiger partial charge < -0.3 is 24.3 Å². The van der Waals surface area contributed by atoms with Gasteiger partial charge in [0.15, 0.2) is 6.10 Å². The van der Waals surface area contributed by atoms with E-state index in [1.807, 2.05) is 0 Å². The van der Waals surface area contributed by atoms with Gasteiger partial charge in [-0.15, -0.1) is 0 Å². The Bertz CT molecular complexity index is 788. The van der Waals surface area contributed by atoms with Crippen LogP contribution in [0.5, 0.6) is 17.2 Å². The summed E-state index contributed by atoms with van der Waals surface area (Å²) < 4.78 is 20.7. The number of rotatable bonds is 8. The van der Waals surface area contributed by atoms with Gasteiger partial charge in [0.1, 0.15) is 17.2 Å². The maximum absolute atomic E-state index is 12.4. The Hall–Kier alpha value is -3.22. The maximum atomic E-state index is 12.4. The summed E-state index contributed by atoms with van der Waals surface area (Å²) in [6.45, 7) is 1.51. The van der Waals surface area contributed by atoms with E-state index in [1.165, 1.54) is 21.1 Å². The van der Waals surface area contributed by atoms with Crippen LogP contribution in [-0.4, -0.2) is 39.3 Å². The Kier molecular flexibility index (Phi) is 7.05. The molecule has 1 amide bonds. The minimum Gasteiger partial charge on any atom is -0.497 e. The molecule has 0 aliphatic heterocycles. The van der Waals surface area contributed by atoms with Crippen LogP contribution in [0.4, 0.5) is 5.69 Å². The molecule has 27 heavy (non-hydrogen) atoms. The van der Waals surface area contributed by atoms with Crippen LogP contribution < -0.4 is 19.5 Å². The number of carbonyl (C=O) groups excluding carboxylic acids is 2. The Labute approximate surface area is 158 Å². The molecule has 1 N–H and O–H groups in total. The molecule has 0 radical (unpaired) electrons. The summed E-state index contributed by atoms with van der Waals surface area (Å²) in [5.41, 5.74) is 1.20. The molecule has 0 fully saturated rings. The van der Waals surface area contributed by atoms with Gasteiger partial charge in [0, 0.05) is 6.07 Å². The monoisotopic (exact) mass is 373 g/mol. The van der Waals surface area contributed by atoms with Crippen LogP contribution >= 0.6 is 0 Å². The highest BCUT2D eigenvalue weighted by atomic mass is 16.5. The zero-order valence-electron chi connectivity index (χ0n) is 15.8. The molecule has 0 aliphatic rings. The van der Waals surface area contributed by atoms with Crippen molar-refractivity contribution in [2.45, 2.75) is 19.4 Å². The first-order valence-electron chi connectivity index (χ1n) is 8.32. The molecule has 2 aromatic rings. The number of nitrogens with one attached hydrogen (secondary N) is 1. The quantitative estimate of drug-likeness (QED) is 0.717. The number of benzene rings is 2. The van der Waals surface area contributed by atoms with Gasteiger partial charge in [-0.2, -0.15) is 0 Å². The second-order valence-electron chi connectivity index (χ2n) is 5.71. The topological polar surface area (TPSA) is 83.1 Å². The Balaban J connectivity index is 1.95. The molecule has 0 saturated heterocycles. The molecule has 0 spiro atoms. The molecule has 0 heterocycles. The fraction of sp³-hybridized carbons (Fsp3) is 0.300. The van der Waals surface area contributed by atoms with Crippen LogP contribution in [-0.2, 0) is 20.7 Å². The standard InChI is InChI=1S/C20H23NO6/c1-13(27-19(22)11-14-5-7-15(24-2)8-6-14)20(23)21-17-12-16(25-3)9-10-18(17)26-4/h5-10,12-13H,11H2,1-4H3,(H,21,23). The smallest absolute Gasteiger partial charge is 0.311 e. The van der Waals surface area contributed by atoms with E-state index < -0.39 is 18.0 Å². The van der Waals surface area contributed by atoms with Gasteiger partial charge in [-0.05, 0) is 36.8 Å². The summed E-state index contributed by atoms with van der Waals surface area (Å²) in [5.74, 6) is 0.772. The third-order valence-electron chi connectivity index (χ3n) is 3.85. The Morgan fingerprint density at radius 1 is 0.926 bits per heavy atom. The number of anilines is 1. The van der Waals surface area contributed by atoms with E-state index in [-0.39, 0.29) is 6.42 Å². The van der Waals surface area contributed by atoms with Crippen LogP contribution in [0, 0.1) is 0 Å². The summed E-state index contributed by atoms with van der Waals surface area (Å²) in [7, 11) is 4.59. The Morgan fingerprint density at radius 3 is 2.15 bits per heavy atom. The number of carbonyl (C=O) groups is 2. The largest absolute Gasteiger partial charge is 0.497 e. The second-order valence-corrected chi connectivity index (χ2v) is 5.71. The molecule has 0 saturated carbocycles. The fourth-order valence-corrected chi connectivity index (χ4v) is 2.35. The molecular formula is C20H23NO6. The number of hydrogen-bond acceptors (Lipinski definition) is 6. The summed E-state index contributed by atoms with van der Waals surface area (Å²) in [6.07, 6.45) is -0.906. The van der Waals surface area contributed by atoms with Crippen LogP contribution in [0.3, 0.4) is 0 Å². The van der Waals surface area contributed by atoms with Crippen molar-refractivity contribution in [1.29, 1.82) is 0 Å². The van der Waals surface area contributed by atoms with Crippen molar-refractivity contribution in [2.24, 2.45) is 0 Å². The third-order valence-corrected chi connectivity index (χ3v) is 3.85. The maximum Gasteiger partial charge on any atom is 0.311 e. The van der Waals surface area contributed by atoms with E-state index in [0.717, 1.165) is 5.56 Å². The highest BCUT2D eigenvalue weighted by Gasteiger charge is 2.20. The SMILES string of the molecule is COc1ccc(CC(=O)OC(C)C(=O)Nc2cc(OC)ccc2OC)cc1. The molecule has 0 bridgehead atoms. The summed E-state index contributed by atoms with van der Waals surface area (Å²) in [6, 6.07) is 12.1. The van der Waals surface area contributed by atoms with Crippen molar-refractivity contribution in [3.63, 3.8) is 0 Å². The van der Waals surface area contributed by atoms with Crippen molar-refractivity contribution in [1.82, 2.24) is 0 Å². The number of esters is 1. The van der Waals surface area contributed by atoms with Crippen molar-refractivity contribution < 1.29 is 28.5 Å². The molecule has 144 valence electrons. The molecule has 0 aliphatic carbocycles. The lowest BCUT2D eigenvalue weighted by atomic mass is 10.1. The zero-order valence-corrected chi connectivity index (χ0v) is 15.8. The Morgan fingerprint density at radius 2 is 1.56 bits per heavy atom. The fourth-order valence-electron chi connectivity index (χ4n) is 2.35. The van der Waals surface area contributed by atoms with Crippen LogP contribution in [0.25, 0.3) is 0 Å². The van der Waals surface area contributed by atoms with E-state index in [0.29, 0.717) is 22.9 Å². The van der Waals surface area contributed by atoms with Crippen LogP contribution in [0.15, 0.2) is 42.5 Å². The first kappa shape index (κ1) is 20.1. The molecule has 7 heteroatoms. The van der Waals surface area contributed by atoms with Crippen molar-refractivity contribution in [3.05, 3.63) is 48.0 Å². The van der Waals surface area contributed by atoms with Gasteiger partial charge in [-0.3, -0.25) is 9.59 Å². The van der Waals surface area contributed by atoms with Crippen LogP contribution in [0.2, 0.25) is 0 Å². The van der Waals surface area contributed by atoms with Crippen molar-refractivity contribution in [2.75, 3.05) is 26.6 Å². The van der Waals surface area contributed by atoms with Gasteiger partial charge in [0.25, 0.3) is 5.91 Å². The lowest BCUT2D eigenvalue weighted by Gasteiger charge is -2.16. The van der Waals surface area contributed by atoms with Gasteiger partial charge in [0.2, 0.25) is 0 Å². The summed E-state index contributed by atoms with van der Waals surface area (Å²) in [4.78, 5) is 24.4. The molecule has 1 unspecified atom stereocenters. The molecule has 0 aromatic heterocycles. The van der Waals surface area contributed by atoms with E-state index in [1.54, 1.807) is 49.6 Å². The first-order valence-corrected chi connectivity index (χ1v) is 8.32. The number of amides is 1. The summed E-state index contributed by atoms with van der Waals surface area (Å²) in [5, 5.41) is 2.68. The molecule has 2 rings (SSSR count). The van der Waals surface area contributed by atoms with Gasteiger partial charge >= 0.3 is 5.97 Å². The summed E-state index contributed by atoms with van der Waals surface area (Å²) >= 11 is 0. The molecule has 1 atom stereocenters. The van der Waals surface area contributed by atoms with Gasteiger partial charge in [0.05, 0.1) is 33.4 Å². The minimum absolute atomic E-state index is 0.0596. The predicted molar refractivity (Wildman–Crippen MR) is 100 cm³/mol. The van der Waals surface area contributed by atoms with Crippen molar-refractivity contribution >= 4 is 17.6 Å². The van der Waals surface area contributed by atoms with Crippen LogP contribution in [0.1, 0.15) is 12.5 Å². The predicted octanol–water partition coefficient (Wildman–Crippen LogP) is 2.83. The normalized spacial score (nSPS) is 11.3. The first-order chi connectivity index (χ1) is 13.0. The van der Waals surface area contributed by atoms with E-state index in [9.17, 15) is 9.59 Å². The minimum atomic E-state index is -0.966. The lowest BCUT2D eigenvalue weighted by molar-refractivity contribution is -0.152. The average Bonchev–Trinajstić information content (AvgIpc) is 2.68. The lowest BCUT2D eigenvalue weighted by Crippen LogP contribution is -2.30. The number of methoxy groups -OCH3 is 3. The van der Waals surface area contributed by atoms with E-state index >= 15 is 0 Å². The van der Waals surface area contributed by atoms with Gasteiger partial charge in [-0.1, -0.05) is 12.1 Å². The molecule has 2 aromatic carbocycles. The zero-order chi connectivity index (χ0) is 19.8. The molecular weight excluding hydrogens is 350 g/mol. The van der Waals surface area contributed by atoms with E-state index in [2.05, 4.69) is 5.32 Å². The van der Waals surface area contributed by atoms with E-state index in [4.69, 9.17) is 18.9 Å². The third kappa shape index (κ3) is 5.64. The second kappa shape index (κ2) is 9.47. The average molecular weight is 373 g/mol. The number of ether oxygens (including phenoxy) is 4. The highest BCUT2D eigenvalue weighted by Crippen LogP contribution is 2.29. The van der Waals surface area contributed by atoms with Crippen molar-refractivity contribution in [3.8, 4) is 17.2 Å². The molecule has 7 nitrogen and oxygen atoms in total. The highest BCUT2D eigenvalue weighted by molar-refractivity contribution is 5.96. The number of hydrogen-bond donors (Lipinski definition) is 1. The van der Waals surface area contributed by atoms with Gasteiger partial charge in [-0.25, -0.2) is 0 Å².